The molecule has 0 bridgehead atoms. The maximum Gasteiger partial charge on any atom is 0.337 e. The number of aryl methyl sites for hydroxylation is 1. The summed E-state index contributed by atoms with van der Waals surface area (Å²) in [6.07, 6.45) is 3.41. The predicted molar refractivity (Wildman–Crippen MR) is 149 cm³/mol. The maximum atomic E-state index is 11.9. The SMILES string of the molecule is COC(=O)c1ccc2c(c1)OC(c1ccc(OCc3c(-c4c(Cl)cccc4Cl)noc3C3CC3)cc1Cl)CC2. The fraction of sp³-hybridized carbons (Fsp3) is 0.267. The number of esters is 1. The minimum absolute atomic E-state index is 0.228. The fourth-order valence-corrected chi connectivity index (χ4v) is 5.76. The standard InChI is InChI=1S/C30H24Cl3NO5/c1-36-30(35)18-8-5-16-9-12-25(38-26(16)13-18)20-11-10-19(14-24(20)33)37-15-21-28(34-39-29(21)17-6-7-17)27-22(31)3-2-4-23(27)32/h2-5,8,10-11,13-14,17,25H,6-7,9,12,15H2,1H3. The number of benzene rings is 3. The van der Waals surface area contributed by atoms with Crippen molar-refractivity contribution in [3.63, 3.8) is 0 Å². The third kappa shape index (κ3) is 5.21. The molecule has 6 nitrogen and oxygen atoms in total. The van der Waals surface area contributed by atoms with E-state index in [4.69, 9.17) is 53.5 Å². The fourth-order valence-electron chi connectivity index (χ4n) is 4.90. The van der Waals surface area contributed by atoms with Crippen molar-refractivity contribution in [1.82, 2.24) is 5.16 Å². The van der Waals surface area contributed by atoms with Crippen LogP contribution in [-0.2, 0) is 17.8 Å². The van der Waals surface area contributed by atoms with Crippen molar-refractivity contribution >= 4 is 40.8 Å². The molecule has 3 aromatic carbocycles. The van der Waals surface area contributed by atoms with Gasteiger partial charge in [0.05, 0.1) is 33.3 Å². The Balaban J connectivity index is 1.22. The van der Waals surface area contributed by atoms with E-state index in [0.29, 0.717) is 49.3 Å². The van der Waals surface area contributed by atoms with Crippen molar-refractivity contribution < 1.29 is 23.5 Å². The van der Waals surface area contributed by atoms with E-state index in [1.54, 1.807) is 36.4 Å². The maximum absolute atomic E-state index is 11.9. The summed E-state index contributed by atoms with van der Waals surface area (Å²) in [4.78, 5) is 11.9. The summed E-state index contributed by atoms with van der Waals surface area (Å²) in [6, 6.07) is 16.3. The Morgan fingerprint density at radius 3 is 2.51 bits per heavy atom. The molecule has 0 radical (unpaired) electrons. The summed E-state index contributed by atoms with van der Waals surface area (Å²) < 4.78 is 23.0. The van der Waals surface area contributed by atoms with Gasteiger partial charge in [-0.25, -0.2) is 4.79 Å². The first-order chi connectivity index (χ1) is 18.9. The van der Waals surface area contributed by atoms with Crippen molar-refractivity contribution in [2.75, 3.05) is 7.11 Å². The van der Waals surface area contributed by atoms with Crippen molar-refractivity contribution in [2.24, 2.45) is 0 Å². The number of aromatic nitrogens is 1. The molecule has 0 saturated heterocycles. The Morgan fingerprint density at radius 1 is 1.00 bits per heavy atom. The van der Waals surface area contributed by atoms with E-state index in [2.05, 4.69) is 5.16 Å². The first-order valence-electron chi connectivity index (χ1n) is 12.7. The van der Waals surface area contributed by atoms with Crippen LogP contribution in [-0.4, -0.2) is 18.2 Å². The molecule has 1 unspecified atom stereocenters. The van der Waals surface area contributed by atoms with Gasteiger partial charge in [0.25, 0.3) is 0 Å². The molecule has 1 aromatic heterocycles. The monoisotopic (exact) mass is 583 g/mol. The van der Waals surface area contributed by atoms with Crippen LogP contribution in [0.2, 0.25) is 15.1 Å². The lowest BCUT2D eigenvalue weighted by Crippen LogP contribution is -2.16. The van der Waals surface area contributed by atoms with Crippen molar-refractivity contribution in [3.8, 4) is 22.8 Å². The van der Waals surface area contributed by atoms with Crippen molar-refractivity contribution in [2.45, 2.75) is 44.3 Å². The zero-order valence-corrected chi connectivity index (χ0v) is 23.3. The third-order valence-electron chi connectivity index (χ3n) is 7.10. The number of methoxy groups -OCH3 is 1. The number of ether oxygens (including phenoxy) is 3. The molecule has 1 aliphatic heterocycles. The second kappa shape index (κ2) is 10.8. The van der Waals surface area contributed by atoms with Crippen LogP contribution in [0.4, 0.5) is 0 Å². The second-order valence-electron chi connectivity index (χ2n) is 9.68. The molecule has 1 aliphatic carbocycles. The number of hydrogen-bond donors (Lipinski definition) is 0. The lowest BCUT2D eigenvalue weighted by molar-refractivity contribution is 0.0599. The van der Waals surface area contributed by atoms with Gasteiger partial charge in [0.1, 0.15) is 35.7 Å². The molecule has 200 valence electrons. The summed E-state index contributed by atoms with van der Waals surface area (Å²) in [5.41, 5.74) is 4.41. The number of halogens is 3. The highest BCUT2D eigenvalue weighted by atomic mass is 35.5. The zero-order valence-electron chi connectivity index (χ0n) is 21.0. The summed E-state index contributed by atoms with van der Waals surface area (Å²) in [5.74, 6) is 2.00. The van der Waals surface area contributed by atoms with Crippen molar-refractivity contribution in [3.05, 3.63) is 97.7 Å². The number of nitrogens with zero attached hydrogens (tertiary/aromatic N) is 1. The average molecular weight is 585 g/mol. The zero-order chi connectivity index (χ0) is 27.1. The first-order valence-corrected chi connectivity index (χ1v) is 13.8. The Kier molecular flexibility index (Phi) is 7.19. The van der Waals surface area contributed by atoms with E-state index in [-0.39, 0.29) is 12.7 Å². The largest absolute Gasteiger partial charge is 0.489 e. The molecular formula is C30H24Cl3NO5. The number of carbonyl (C=O) groups excluding carboxylic acids is 1. The van der Waals surface area contributed by atoms with Crippen LogP contribution >= 0.6 is 34.8 Å². The van der Waals surface area contributed by atoms with Crippen LogP contribution < -0.4 is 9.47 Å². The highest BCUT2D eigenvalue weighted by Gasteiger charge is 2.34. The number of hydrogen-bond acceptors (Lipinski definition) is 6. The Bertz CT molecular complexity index is 1540. The third-order valence-corrected chi connectivity index (χ3v) is 8.06. The molecule has 2 aliphatic rings. The van der Waals surface area contributed by atoms with Crippen LogP contribution in [0.1, 0.15) is 64.1 Å². The van der Waals surface area contributed by atoms with Crippen LogP contribution in [0.15, 0.2) is 59.1 Å². The van der Waals surface area contributed by atoms with Gasteiger partial charge < -0.3 is 18.7 Å². The summed E-state index contributed by atoms with van der Waals surface area (Å²) >= 11 is 19.7. The van der Waals surface area contributed by atoms with Gasteiger partial charge in [-0.15, -0.1) is 0 Å². The Morgan fingerprint density at radius 2 is 1.79 bits per heavy atom. The number of fused-ring (bicyclic) bond motifs is 1. The molecule has 1 saturated carbocycles. The molecule has 4 aromatic rings. The van der Waals surface area contributed by atoms with Gasteiger partial charge in [-0.05, 0) is 67.6 Å². The van der Waals surface area contributed by atoms with E-state index in [1.165, 1.54) is 7.11 Å². The van der Waals surface area contributed by atoms with Crippen LogP contribution in [0.5, 0.6) is 11.5 Å². The van der Waals surface area contributed by atoms with Crippen molar-refractivity contribution in [1.29, 1.82) is 0 Å². The molecule has 0 N–H and O–H groups in total. The van der Waals surface area contributed by atoms with Gasteiger partial charge in [-0.1, -0.05) is 58.2 Å². The van der Waals surface area contributed by atoms with Crippen LogP contribution in [0.25, 0.3) is 11.3 Å². The molecule has 9 heteroatoms. The molecule has 0 spiro atoms. The minimum atomic E-state index is -0.402. The summed E-state index contributed by atoms with van der Waals surface area (Å²) in [7, 11) is 1.36. The molecule has 1 atom stereocenters. The highest BCUT2D eigenvalue weighted by Crippen LogP contribution is 2.46. The normalized spacial score (nSPS) is 16.4. The molecular weight excluding hydrogens is 561 g/mol. The Hall–Kier alpha value is -3.19. The van der Waals surface area contributed by atoms with Gasteiger partial charge in [0.15, 0.2) is 0 Å². The predicted octanol–water partition coefficient (Wildman–Crippen LogP) is 8.61. The van der Waals surface area contributed by atoms with E-state index in [0.717, 1.165) is 48.1 Å². The van der Waals surface area contributed by atoms with Crippen LogP contribution in [0.3, 0.4) is 0 Å². The summed E-state index contributed by atoms with van der Waals surface area (Å²) in [5, 5.41) is 5.85. The number of rotatable bonds is 7. The topological polar surface area (TPSA) is 70.8 Å². The van der Waals surface area contributed by atoms with E-state index in [1.807, 2.05) is 18.2 Å². The van der Waals surface area contributed by atoms with Gasteiger partial charge in [0, 0.05) is 17.0 Å². The van der Waals surface area contributed by atoms with E-state index >= 15 is 0 Å². The molecule has 1 fully saturated rings. The molecule has 39 heavy (non-hydrogen) atoms. The number of carbonyl (C=O) groups is 1. The lowest BCUT2D eigenvalue weighted by atomic mass is 9.96. The van der Waals surface area contributed by atoms with Gasteiger partial charge in [-0.2, -0.15) is 0 Å². The molecule has 2 heterocycles. The van der Waals surface area contributed by atoms with E-state index < -0.39 is 5.97 Å². The smallest absolute Gasteiger partial charge is 0.337 e. The first kappa shape index (κ1) is 26.1. The summed E-state index contributed by atoms with van der Waals surface area (Å²) in [6.45, 7) is 0.228. The minimum Gasteiger partial charge on any atom is -0.489 e. The molecule has 0 amide bonds. The quantitative estimate of drug-likeness (QED) is 0.203. The van der Waals surface area contributed by atoms with Crippen LogP contribution in [0, 0.1) is 0 Å². The van der Waals surface area contributed by atoms with Gasteiger partial charge >= 0.3 is 5.97 Å². The lowest BCUT2D eigenvalue weighted by Gasteiger charge is -2.27. The average Bonchev–Trinajstić information content (AvgIpc) is 3.70. The van der Waals surface area contributed by atoms with E-state index in [9.17, 15) is 4.79 Å². The van der Waals surface area contributed by atoms with Gasteiger partial charge in [0.2, 0.25) is 0 Å². The Labute approximate surface area is 240 Å². The highest BCUT2D eigenvalue weighted by molar-refractivity contribution is 6.39. The second-order valence-corrected chi connectivity index (χ2v) is 10.9. The molecule has 6 rings (SSSR count). The van der Waals surface area contributed by atoms with Gasteiger partial charge in [-0.3, -0.25) is 0 Å².